The molecule has 0 N–H and O–H groups in total. The van der Waals surface area contributed by atoms with Crippen molar-refractivity contribution in [3.8, 4) is 0 Å². The molecule has 0 saturated heterocycles. The van der Waals surface area contributed by atoms with Crippen molar-refractivity contribution in [2.75, 3.05) is 0 Å². The predicted octanol–water partition coefficient (Wildman–Crippen LogP) is 3.20. The molecule has 0 fully saturated rings. The molecule has 0 aliphatic carbocycles. The van der Waals surface area contributed by atoms with Gasteiger partial charge in [-0.3, -0.25) is 9.36 Å². The normalized spacial score (nSPS) is 10.5. The van der Waals surface area contributed by atoms with Crippen LogP contribution in [0.3, 0.4) is 0 Å². The minimum Gasteiger partial charge on any atom is -0.294 e. The van der Waals surface area contributed by atoms with Gasteiger partial charge in [0.2, 0.25) is 0 Å². The summed E-state index contributed by atoms with van der Waals surface area (Å²) in [5.41, 5.74) is 0.710. The fourth-order valence-corrected chi connectivity index (χ4v) is 2.14. The average Bonchev–Trinajstić information content (AvgIpc) is 2.32. The van der Waals surface area contributed by atoms with Crippen molar-refractivity contribution in [3.63, 3.8) is 0 Å². The second-order valence-corrected chi connectivity index (χ2v) is 5.22. The van der Waals surface area contributed by atoms with Crippen LogP contribution in [-0.2, 0) is 6.54 Å². The van der Waals surface area contributed by atoms with E-state index in [1.807, 2.05) is 40.8 Å². The minimum absolute atomic E-state index is 0.162. The van der Waals surface area contributed by atoms with Crippen LogP contribution >= 0.6 is 45.8 Å². The van der Waals surface area contributed by atoms with E-state index in [-0.39, 0.29) is 10.7 Å². The molecule has 88 valence electrons. The van der Waals surface area contributed by atoms with Gasteiger partial charge in [0.15, 0.2) is 0 Å². The molecule has 3 nitrogen and oxygen atoms in total. The maximum absolute atomic E-state index is 11.9. The lowest BCUT2D eigenvalue weighted by Crippen LogP contribution is -2.23. The Bertz CT molecular complexity index is 613. The zero-order valence-electron chi connectivity index (χ0n) is 8.53. The third-order valence-corrected chi connectivity index (χ3v) is 4.19. The predicted molar refractivity (Wildman–Crippen MR) is 76.8 cm³/mol. The van der Waals surface area contributed by atoms with Crippen molar-refractivity contribution in [3.05, 3.63) is 60.3 Å². The number of rotatable bonds is 2. The van der Waals surface area contributed by atoms with Gasteiger partial charge in [-0.2, -0.15) is 0 Å². The van der Waals surface area contributed by atoms with Gasteiger partial charge in [-0.15, -0.1) is 0 Å². The third-order valence-electron chi connectivity index (χ3n) is 2.24. The van der Waals surface area contributed by atoms with Crippen LogP contribution in [-0.4, -0.2) is 9.55 Å². The first-order valence-electron chi connectivity index (χ1n) is 4.73. The van der Waals surface area contributed by atoms with Gasteiger partial charge in [0.25, 0.3) is 5.56 Å². The number of nitrogens with zero attached hydrogens (tertiary/aromatic N) is 2. The number of aromatic nitrogens is 2. The first-order chi connectivity index (χ1) is 8.09. The lowest BCUT2D eigenvalue weighted by molar-refractivity contribution is 0.730. The molecule has 0 aliphatic heterocycles. The van der Waals surface area contributed by atoms with Gasteiger partial charge >= 0.3 is 0 Å². The number of benzene rings is 1. The Hall–Kier alpha value is -0.590. The molecule has 6 heteroatoms. The molecule has 0 saturated carbocycles. The van der Waals surface area contributed by atoms with Crippen LogP contribution in [0.2, 0.25) is 10.2 Å². The van der Waals surface area contributed by atoms with Crippen molar-refractivity contribution in [1.29, 1.82) is 0 Å². The van der Waals surface area contributed by atoms with Gasteiger partial charge in [-0.05, 0) is 34.2 Å². The molecule has 0 amide bonds. The molecule has 0 spiro atoms. The third kappa shape index (κ3) is 2.81. The maximum atomic E-state index is 11.9. The van der Waals surface area contributed by atoms with E-state index in [0.717, 1.165) is 5.56 Å². The standard InChI is InChI=1S/C11H7Cl2IN2O/c12-8-4-2-1-3-7(8)5-16-6-15-10(13)9(14)11(16)17/h1-4,6H,5H2. The van der Waals surface area contributed by atoms with Crippen molar-refractivity contribution >= 4 is 45.8 Å². The highest BCUT2D eigenvalue weighted by atomic mass is 127. The Kier molecular flexibility index (Phi) is 4.06. The molecular weight excluding hydrogens is 374 g/mol. The van der Waals surface area contributed by atoms with Crippen LogP contribution in [0.25, 0.3) is 0 Å². The molecular formula is C11H7Cl2IN2O. The first kappa shape index (κ1) is 12.9. The maximum Gasteiger partial charge on any atom is 0.268 e. The summed E-state index contributed by atoms with van der Waals surface area (Å²) in [6.07, 6.45) is 1.43. The fourth-order valence-electron chi connectivity index (χ4n) is 1.37. The van der Waals surface area contributed by atoms with E-state index in [1.165, 1.54) is 10.9 Å². The van der Waals surface area contributed by atoms with E-state index in [2.05, 4.69) is 4.98 Å². The number of hydrogen-bond acceptors (Lipinski definition) is 2. The Labute approximate surface area is 122 Å². The van der Waals surface area contributed by atoms with Crippen LogP contribution in [0.15, 0.2) is 35.4 Å². The van der Waals surface area contributed by atoms with Gasteiger partial charge in [-0.1, -0.05) is 41.4 Å². The summed E-state index contributed by atoms with van der Waals surface area (Å²) in [7, 11) is 0. The summed E-state index contributed by atoms with van der Waals surface area (Å²) in [5.74, 6) is 0. The van der Waals surface area contributed by atoms with Crippen molar-refractivity contribution in [1.82, 2.24) is 9.55 Å². The lowest BCUT2D eigenvalue weighted by Gasteiger charge is -2.07. The molecule has 0 aliphatic rings. The van der Waals surface area contributed by atoms with Gasteiger partial charge in [0.1, 0.15) is 8.72 Å². The van der Waals surface area contributed by atoms with Crippen molar-refractivity contribution in [2.45, 2.75) is 6.54 Å². The van der Waals surface area contributed by atoms with Gasteiger partial charge < -0.3 is 0 Å². The molecule has 2 rings (SSSR count). The first-order valence-corrected chi connectivity index (χ1v) is 6.57. The van der Waals surface area contributed by atoms with Gasteiger partial charge in [0.05, 0.1) is 12.9 Å². The monoisotopic (exact) mass is 380 g/mol. The van der Waals surface area contributed by atoms with E-state index in [4.69, 9.17) is 23.2 Å². The molecule has 1 heterocycles. The molecule has 1 aromatic heterocycles. The SMILES string of the molecule is O=c1c(I)c(Cl)ncn1Cc1ccccc1Cl. The number of hydrogen-bond donors (Lipinski definition) is 0. The summed E-state index contributed by atoms with van der Waals surface area (Å²) in [5, 5.41) is 0.857. The van der Waals surface area contributed by atoms with Crippen LogP contribution < -0.4 is 5.56 Å². The minimum atomic E-state index is -0.162. The highest BCUT2D eigenvalue weighted by Crippen LogP contribution is 2.16. The summed E-state index contributed by atoms with van der Waals surface area (Å²) in [6.45, 7) is 0.388. The highest BCUT2D eigenvalue weighted by molar-refractivity contribution is 14.1. The van der Waals surface area contributed by atoms with Crippen LogP contribution in [0.4, 0.5) is 0 Å². The summed E-state index contributed by atoms with van der Waals surface area (Å²) in [6, 6.07) is 7.38. The fraction of sp³-hybridized carbons (Fsp3) is 0.0909. The smallest absolute Gasteiger partial charge is 0.268 e. The van der Waals surface area contributed by atoms with Crippen LogP contribution in [0, 0.1) is 3.57 Å². The number of halogens is 3. The Morgan fingerprint density at radius 3 is 2.71 bits per heavy atom. The Morgan fingerprint density at radius 2 is 2.00 bits per heavy atom. The second-order valence-electron chi connectivity index (χ2n) is 3.37. The van der Waals surface area contributed by atoms with E-state index in [0.29, 0.717) is 15.1 Å². The quantitative estimate of drug-likeness (QED) is 0.592. The summed E-state index contributed by atoms with van der Waals surface area (Å²) in [4.78, 5) is 15.8. The highest BCUT2D eigenvalue weighted by Gasteiger charge is 2.08. The second kappa shape index (κ2) is 5.37. The molecule has 17 heavy (non-hydrogen) atoms. The Balaban J connectivity index is 2.41. The summed E-state index contributed by atoms with van der Waals surface area (Å²) >= 11 is 13.7. The zero-order valence-corrected chi connectivity index (χ0v) is 12.2. The molecule has 2 aromatic rings. The van der Waals surface area contributed by atoms with Crippen LogP contribution in [0.5, 0.6) is 0 Å². The van der Waals surface area contributed by atoms with Gasteiger partial charge in [0, 0.05) is 5.02 Å². The lowest BCUT2D eigenvalue weighted by atomic mass is 10.2. The van der Waals surface area contributed by atoms with E-state index in [1.54, 1.807) is 6.07 Å². The molecule has 0 bridgehead atoms. The van der Waals surface area contributed by atoms with Crippen LogP contribution in [0.1, 0.15) is 5.56 Å². The molecule has 1 aromatic carbocycles. The zero-order chi connectivity index (χ0) is 12.4. The van der Waals surface area contributed by atoms with Crippen molar-refractivity contribution in [2.24, 2.45) is 0 Å². The van der Waals surface area contributed by atoms with E-state index in [9.17, 15) is 4.79 Å². The largest absolute Gasteiger partial charge is 0.294 e. The summed E-state index contributed by atoms with van der Waals surface area (Å²) < 4.78 is 1.90. The average molecular weight is 381 g/mol. The van der Waals surface area contributed by atoms with E-state index >= 15 is 0 Å². The van der Waals surface area contributed by atoms with Gasteiger partial charge in [-0.25, -0.2) is 4.98 Å². The van der Waals surface area contributed by atoms with Crippen molar-refractivity contribution < 1.29 is 0 Å². The Morgan fingerprint density at radius 1 is 1.29 bits per heavy atom. The molecule has 0 unspecified atom stereocenters. The molecule has 0 radical (unpaired) electrons. The van der Waals surface area contributed by atoms with E-state index < -0.39 is 0 Å². The topological polar surface area (TPSA) is 34.9 Å². The molecule has 0 atom stereocenters.